The van der Waals surface area contributed by atoms with Gasteiger partial charge in [0.2, 0.25) is 0 Å². The maximum Gasteiger partial charge on any atom is 0.344 e. The molecule has 0 radical (unpaired) electrons. The molecule has 1 aromatic heterocycles. The van der Waals surface area contributed by atoms with Crippen LogP contribution in [-0.2, 0) is 9.53 Å². The Morgan fingerprint density at radius 3 is 2.62 bits per heavy atom. The van der Waals surface area contributed by atoms with Gasteiger partial charge in [0.25, 0.3) is 5.91 Å². The molecule has 29 heavy (non-hydrogen) atoms. The van der Waals surface area contributed by atoms with E-state index in [0.717, 1.165) is 0 Å². The molecule has 0 aliphatic heterocycles. The summed E-state index contributed by atoms with van der Waals surface area (Å²) in [5.74, 6) is -1.28. The van der Waals surface area contributed by atoms with Crippen molar-refractivity contribution in [2.45, 2.75) is 20.0 Å². The molecule has 1 atom stereocenters. The van der Waals surface area contributed by atoms with Gasteiger partial charge in [-0.25, -0.2) is 9.48 Å². The third kappa shape index (κ3) is 4.45. The molecule has 0 saturated heterocycles. The van der Waals surface area contributed by atoms with Crippen molar-refractivity contribution in [3.05, 3.63) is 76.6 Å². The lowest BCUT2D eigenvalue weighted by molar-refractivity contribution is -0.123. The zero-order valence-electron chi connectivity index (χ0n) is 15.7. The number of para-hydroxylation sites is 1. The summed E-state index contributed by atoms with van der Waals surface area (Å²) in [7, 11) is 0. The van der Waals surface area contributed by atoms with Gasteiger partial charge in [-0.05, 0) is 44.2 Å². The molecule has 7 nitrogen and oxygen atoms in total. The quantitative estimate of drug-likeness (QED) is 0.646. The van der Waals surface area contributed by atoms with Gasteiger partial charge in [0.05, 0.1) is 23.0 Å². The van der Waals surface area contributed by atoms with E-state index in [9.17, 15) is 9.59 Å². The Balaban J connectivity index is 1.73. The molecule has 0 unspecified atom stereocenters. The van der Waals surface area contributed by atoms with E-state index in [4.69, 9.17) is 21.6 Å². The van der Waals surface area contributed by atoms with E-state index in [2.05, 4.69) is 10.4 Å². The molecule has 8 heteroatoms. The third-order valence-electron chi connectivity index (χ3n) is 4.12. The van der Waals surface area contributed by atoms with Crippen LogP contribution in [0.25, 0.3) is 5.69 Å². The monoisotopic (exact) mass is 408 g/mol. The van der Waals surface area contributed by atoms with Gasteiger partial charge in [0.15, 0.2) is 6.10 Å². The summed E-state index contributed by atoms with van der Waals surface area (Å²) in [5.41, 5.74) is 2.02. The van der Waals surface area contributed by atoms with E-state index in [1.165, 1.54) is 17.7 Å². The van der Waals surface area contributed by atoms with Crippen molar-refractivity contribution in [1.82, 2.24) is 9.78 Å². The highest BCUT2D eigenvalue weighted by atomic mass is 35.5. The first kappa shape index (κ1) is 20.1. The first-order valence-corrected chi connectivity index (χ1v) is 9.11. The van der Waals surface area contributed by atoms with E-state index < -0.39 is 18.0 Å². The standard InChI is InChI=1S/C21H17ClN4O3/c1-13-18(19(22)26(25-13)17-9-4-3-5-10-17)21(28)29-14(2)20(27)24-16-8-6-7-15(11-16)12-23/h3-11,14H,1-2H3,(H,24,27)/t14-/m0/s1. The van der Waals surface area contributed by atoms with Crippen LogP contribution in [-0.4, -0.2) is 27.8 Å². The molecular formula is C21H17ClN4O3. The number of carbonyl (C=O) groups excluding carboxylic acids is 2. The predicted octanol–water partition coefficient (Wildman–Crippen LogP) is 3.89. The van der Waals surface area contributed by atoms with Crippen molar-refractivity contribution >= 4 is 29.2 Å². The molecule has 0 spiro atoms. The minimum absolute atomic E-state index is 0.0987. The topological polar surface area (TPSA) is 97.0 Å². The number of benzene rings is 2. The number of ether oxygens (including phenoxy) is 1. The van der Waals surface area contributed by atoms with Gasteiger partial charge < -0.3 is 10.1 Å². The molecule has 0 bridgehead atoms. The molecule has 3 rings (SSSR count). The highest BCUT2D eigenvalue weighted by Gasteiger charge is 2.26. The summed E-state index contributed by atoms with van der Waals surface area (Å²) in [4.78, 5) is 25.0. The molecule has 0 fully saturated rings. The fraction of sp³-hybridized carbons (Fsp3) is 0.143. The van der Waals surface area contributed by atoms with Gasteiger partial charge in [-0.15, -0.1) is 0 Å². The zero-order chi connectivity index (χ0) is 21.0. The zero-order valence-corrected chi connectivity index (χ0v) is 16.5. The molecule has 0 aliphatic rings. The van der Waals surface area contributed by atoms with Crippen LogP contribution in [0.1, 0.15) is 28.5 Å². The van der Waals surface area contributed by atoms with E-state index in [1.807, 2.05) is 24.3 Å². The number of aryl methyl sites for hydroxylation is 1. The van der Waals surface area contributed by atoms with Crippen molar-refractivity contribution in [3.63, 3.8) is 0 Å². The summed E-state index contributed by atoms with van der Waals surface area (Å²) in [5, 5.41) is 15.9. The summed E-state index contributed by atoms with van der Waals surface area (Å²) >= 11 is 6.35. The smallest absolute Gasteiger partial charge is 0.344 e. The van der Waals surface area contributed by atoms with Crippen molar-refractivity contribution in [3.8, 4) is 11.8 Å². The SMILES string of the molecule is Cc1nn(-c2ccccc2)c(Cl)c1C(=O)O[C@@H](C)C(=O)Nc1cccc(C#N)c1. The van der Waals surface area contributed by atoms with Crippen LogP contribution < -0.4 is 5.32 Å². The minimum Gasteiger partial charge on any atom is -0.449 e. The Hall–Kier alpha value is -3.63. The number of nitriles is 1. The number of amides is 1. The van der Waals surface area contributed by atoms with Crippen molar-refractivity contribution < 1.29 is 14.3 Å². The Labute approximate surface area is 172 Å². The Morgan fingerprint density at radius 1 is 1.21 bits per heavy atom. The number of nitrogens with one attached hydrogen (secondary N) is 1. The summed E-state index contributed by atoms with van der Waals surface area (Å²) in [6.07, 6.45) is -1.08. The number of nitrogens with zero attached hydrogens (tertiary/aromatic N) is 3. The Kier molecular flexibility index (Phi) is 5.96. The molecule has 1 amide bonds. The molecule has 0 saturated carbocycles. The molecule has 146 valence electrons. The van der Waals surface area contributed by atoms with Crippen LogP contribution in [0.4, 0.5) is 5.69 Å². The molecule has 3 aromatic rings. The van der Waals surface area contributed by atoms with Crippen LogP contribution in [0.5, 0.6) is 0 Å². The number of anilines is 1. The maximum atomic E-state index is 12.6. The van der Waals surface area contributed by atoms with Gasteiger partial charge in [-0.2, -0.15) is 10.4 Å². The van der Waals surface area contributed by atoms with Gasteiger partial charge in [-0.3, -0.25) is 4.79 Å². The lowest BCUT2D eigenvalue weighted by Gasteiger charge is -2.13. The molecule has 2 aromatic carbocycles. The summed E-state index contributed by atoms with van der Waals surface area (Å²) < 4.78 is 6.72. The Bertz CT molecular complexity index is 1100. The largest absolute Gasteiger partial charge is 0.449 e. The number of rotatable bonds is 5. The number of hydrogen-bond donors (Lipinski definition) is 1. The number of hydrogen-bond acceptors (Lipinski definition) is 5. The van der Waals surface area contributed by atoms with Crippen molar-refractivity contribution in [2.24, 2.45) is 0 Å². The normalized spacial score (nSPS) is 11.4. The lowest BCUT2D eigenvalue weighted by Crippen LogP contribution is -2.30. The second kappa shape index (κ2) is 8.59. The minimum atomic E-state index is -1.08. The van der Waals surface area contributed by atoms with Gasteiger partial charge in [-0.1, -0.05) is 35.9 Å². The number of carbonyl (C=O) groups is 2. The van der Waals surface area contributed by atoms with Gasteiger partial charge in [0, 0.05) is 5.69 Å². The van der Waals surface area contributed by atoms with Crippen molar-refractivity contribution in [1.29, 1.82) is 5.26 Å². The molecule has 1 heterocycles. The molecular weight excluding hydrogens is 392 g/mol. The third-order valence-corrected chi connectivity index (χ3v) is 4.47. The first-order valence-electron chi connectivity index (χ1n) is 8.73. The fourth-order valence-electron chi connectivity index (χ4n) is 2.65. The summed E-state index contributed by atoms with van der Waals surface area (Å²) in [6, 6.07) is 17.5. The van der Waals surface area contributed by atoms with E-state index in [-0.39, 0.29) is 10.7 Å². The number of esters is 1. The highest BCUT2D eigenvalue weighted by Crippen LogP contribution is 2.24. The summed E-state index contributed by atoms with van der Waals surface area (Å²) in [6.45, 7) is 3.09. The van der Waals surface area contributed by atoms with Crippen LogP contribution >= 0.6 is 11.6 Å². The predicted molar refractivity (Wildman–Crippen MR) is 108 cm³/mol. The van der Waals surface area contributed by atoms with Gasteiger partial charge in [0.1, 0.15) is 10.7 Å². The second-order valence-electron chi connectivity index (χ2n) is 6.23. The second-order valence-corrected chi connectivity index (χ2v) is 6.59. The van der Waals surface area contributed by atoms with E-state index in [0.29, 0.717) is 22.6 Å². The maximum absolute atomic E-state index is 12.6. The van der Waals surface area contributed by atoms with Gasteiger partial charge >= 0.3 is 5.97 Å². The molecule has 0 aliphatic carbocycles. The number of aromatic nitrogens is 2. The Morgan fingerprint density at radius 2 is 1.93 bits per heavy atom. The van der Waals surface area contributed by atoms with E-state index >= 15 is 0 Å². The highest BCUT2D eigenvalue weighted by molar-refractivity contribution is 6.33. The average Bonchev–Trinajstić information content (AvgIpc) is 3.02. The average molecular weight is 409 g/mol. The fourth-order valence-corrected chi connectivity index (χ4v) is 3.00. The van der Waals surface area contributed by atoms with E-state index in [1.54, 1.807) is 37.3 Å². The lowest BCUT2D eigenvalue weighted by atomic mass is 10.2. The van der Waals surface area contributed by atoms with Crippen LogP contribution in [0, 0.1) is 18.3 Å². The number of halogens is 1. The van der Waals surface area contributed by atoms with Crippen molar-refractivity contribution in [2.75, 3.05) is 5.32 Å². The molecule has 1 N–H and O–H groups in total. The van der Waals surface area contributed by atoms with Crippen LogP contribution in [0.15, 0.2) is 54.6 Å². The van der Waals surface area contributed by atoms with Crippen LogP contribution in [0.3, 0.4) is 0 Å². The first-order chi connectivity index (χ1) is 13.9. The van der Waals surface area contributed by atoms with Crippen LogP contribution in [0.2, 0.25) is 5.15 Å².